The number of anilines is 1. The molecule has 7 heteroatoms. The molecule has 2 amide bonds. The lowest BCUT2D eigenvalue weighted by atomic mass is 10.0. The van der Waals surface area contributed by atoms with E-state index in [-0.39, 0.29) is 18.2 Å². The van der Waals surface area contributed by atoms with Crippen molar-refractivity contribution in [1.29, 1.82) is 0 Å². The van der Waals surface area contributed by atoms with Crippen molar-refractivity contribution in [3.8, 4) is 0 Å². The second-order valence-corrected chi connectivity index (χ2v) is 9.29. The number of aryl methyl sites for hydroxylation is 1. The van der Waals surface area contributed by atoms with E-state index >= 15 is 0 Å². The van der Waals surface area contributed by atoms with Crippen molar-refractivity contribution in [3.63, 3.8) is 0 Å². The quantitative estimate of drug-likeness (QED) is 0.411. The Morgan fingerprint density at radius 2 is 1.78 bits per heavy atom. The maximum atomic E-state index is 13.6. The second-order valence-electron chi connectivity index (χ2n) is 9.29. The lowest BCUT2D eigenvalue weighted by molar-refractivity contribution is -0.127. The van der Waals surface area contributed by atoms with E-state index in [1.807, 2.05) is 79.4 Å². The molecule has 0 fully saturated rings. The summed E-state index contributed by atoms with van der Waals surface area (Å²) in [5.41, 5.74) is 18.2. The number of amidine groups is 1. The van der Waals surface area contributed by atoms with Gasteiger partial charge in [-0.3, -0.25) is 9.59 Å². The van der Waals surface area contributed by atoms with Gasteiger partial charge in [-0.2, -0.15) is 0 Å². The fourth-order valence-corrected chi connectivity index (χ4v) is 4.32. The van der Waals surface area contributed by atoms with E-state index in [2.05, 4.69) is 10.3 Å². The molecule has 190 valence electrons. The van der Waals surface area contributed by atoms with Crippen LogP contribution in [0.5, 0.6) is 0 Å². The van der Waals surface area contributed by atoms with Crippen LogP contribution in [0.3, 0.4) is 0 Å². The number of carbonyl (C=O) groups excluding carboxylic acids is 2. The van der Waals surface area contributed by atoms with Crippen LogP contribution in [0.15, 0.2) is 77.3 Å². The monoisotopic (exact) mass is 495 g/mol. The molecular weight excluding hydrogens is 462 g/mol. The van der Waals surface area contributed by atoms with Gasteiger partial charge in [-0.05, 0) is 60.4 Å². The van der Waals surface area contributed by atoms with Gasteiger partial charge in [0, 0.05) is 48.4 Å². The predicted octanol–water partition coefficient (Wildman–Crippen LogP) is 4.92. The van der Waals surface area contributed by atoms with Crippen molar-refractivity contribution in [1.82, 2.24) is 4.90 Å². The van der Waals surface area contributed by atoms with Crippen LogP contribution >= 0.6 is 0 Å². The second kappa shape index (κ2) is 11.7. The summed E-state index contributed by atoms with van der Waals surface area (Å²) in [7, 11) is 0. The number of rotatable bonds is 8. The first-order chi connectivity index (χ1) is 17.9. The Morgan fingerprint density at radius 1 is 1.03 bits per heavy atom. The SMILES string of the molecule is CCCN(Cc1ccc(CN)cc1)C(=O)C1=Cc2ccc(C(=O)Nc3cccc(C)c3)cc2N=C(N)C1. The van der Waals surface area contributed by atoms with E-state index in [1.165, 1.54) is 0 Å². The van der Waals surface area contributed by atoms with Gasteiger partial charge in [-0.25, -0.2) is 4.99 Å². The standard InChI is InChI=1S/C30H33N5O2/c1-3-13-35(19-22-9-7-21(18-31)8-10-22)30(37)25-15-23-11-12-24(16-27(23)34-28(32)17-25)29(36)33-26-6-4-5-20(2)14-26/h4-12,14-16H,3,13,17-19,31H2,1-2H3,(H2,32,34)(H,33,36). The first kappa shape index (κ1) is 25.9. The van der Waals surface area contributed by atoms with Crippen LogP contribution in [-0.2, 0) is 17.9 Å². The first-order valence-corrected chi connectivity index (χ1v) is 12.5. The molecule has 5 N–H and O–H groups in total. The molecule has 0 unspecified atom stereocenters. The highest BCUT2D eigenvalue weighted by Gasteiger charge is 2.22. The largest absolute Gasteiger partial charge is 0.387 e. The molecule has 0 spiro atoms. The summed E-state index contributed by atoms with van der Waals surface area (Å²) >= 11 is 0. The zero-order chi connectivity index (χ0) is 26.4. The predicted molar refractivity (Wildman–Crippen MR) is 149 cm³/mol. The van der Waals surface area contributed by atoms with E-state index in [0.29, 0.717) is 42.3 Å². The summed E-state index contributed by atoms with van der Waals surface area (Å²) in [5, 5.41) is 2.92. The molecule has 0 aromatic heterocycles. The number of hydrogen-bond acceptors (Lipinski definition) is 5. The number of nitrogens with zero attached hydrogens (tertiary/aromatic N) is 2. The minimum absolute atomic E-state index is 0.0722. The Kier molecular flexibility index (Phi) is 8.15. The van der Waals surface area contributed by atoms with Crippen LogP contribution in [0.4, 0.5) is 11.4 Å². The number of benzene rings is 3. The molecule has 1 heterocycles. The number of fused-ring (bicyclic) bond motifs is 1. The molecule has 0 aliphatic carbocycles. The van der Waals surface area contributed by atoms with Crippen molar-refractivity contribution in [2.24, 2.45) is 16.5 Å². The van der Waals surface area contributed by atoms with Crippen molar-refractivity contribution in [3.05, 3.63) is 100 Å². The molecule has 7 nitrogen and oxygen atoms in total. The van der Waals surface area contributed by atoms with Gasteiger partial charge in [0.15, 0.2) is 0 Å². The summed E-state index contributed by atoms with van der Waals surface area (Å²) in [6, 6.07) is 20.9. The Morgan fingerprint density at radius 3 is 2.49 bits per heavy atom. The minimum Gasteiger partial charge on any atom is -0.387 e. The summed E-state index contributed by atoms with van der Waals surface area (Å²) in [4.78, 5) is 32.8. The molecule has 37 heavy (non-hydrogen) atoms. The molecule has 0 bridgehead atoms. The smallest absolute Gasteiger partial charge is 0.255 e. The third-order valence-corrected chi connectivity index (χ3v) is 6.22. The van der Waals surface area contributed by atoms with E-state index in [1.54, 1.807) is 12.1 Å². The molecule has 1 aliphatic heterocycles. The van der Waals surface area contributed by atoms with Crippen LogP contribution in [-0.4, -0.2) is 29.1 Å². The van der Waals surface area contributed by atoms with Crippen molar-refractivity contribution >= 4 is 35.1 Å². The topological polar surface area (TPSA) is 114 Å². The van der Waals surface area contributed by atoms with Crippen LogP contribution in [0.1, 0.15) is 52.4 Å². The third-order valence-electron chi connectivity index (χ3n) is 6.22. The highest BCUT2D eigenvalue weighted by Crippen LogP contribution is 2.29. The fraction of sp³-hybridized carbons (Fsp3) is 0.233. The molecule has 0 atom stereocenters. The molecule has 3 aromatic rings. The highest BCUT2D eigenvalue weighted by molar-refractivity contribution is 6.07. The molecule has 3 aromatic carbocycles. The van der Waals surface area contributed by atoms with Crippen LogP contribution in [0.25, 0.3) is 6.08 Å². The molecule has 0 saturated carbocycles. The average Bonchev–Trinajstić information content (AvgIpc) is 3.05. The van der Waals surface area contributed by atoms with Gasteiger partial charge >= 0.3 is 0 Å². The first-order valence-electron chi connectivity index (χ1n) is 12.5. The molecule has 1 aliphatic rings. The Balaban J connectivity index is 1.57. The summed E-state index contributed by atoms with van der Waals surface area (Å²) in [6.45, 7) is 5.62. The average molecular weight is 496 g/mol. The van der Waals surface area contributed by atoms with Gasteiger partial charge in [0.05, 0.1) is 5.69 Å². The molecule has 4 rings (SSSR count). The minimum atomic E-state index is -0.235. The summed E-state index contributed by atoms with van der Waals surface area (Å²) in [6.07, 6.45) is 2.91. The van der Waals surface area contributed by atoms with Crippen molar-refractivity contribution < 1.29 is 9.59 Å². The van der Waals surface area contributed by atoms with Gasteiger partial charge in [-0.1, -0.05) is 49.4 Å². The lowest BCUT2D eigenvalue weighted by Gasteiger charge is -2.23. The van der Waals surface area contributed by atoms with Crippen LogP contribution in [0, 0.1) is 6.92 Å². The molecule has 0 radical (unpaired) electrons. The van der Waals surface area contributed by atoms with Gasteiger partial charge in [0.25, 0.3) is 11.8 Å². The maximum absolute atomic E-state index is 13.6. The van der Waals surface area contributed by atoms with Gasteiger partial charge in [0.1, 0.15) is 5.84 Å². The van der Waals surface area contributed by atoms with Crippen molar-refractivity contribution in [2.75, 3.05) is 11.9 Å². The number of amides is 2. The molecule has 0 saturated heterocycles. The highest BCUT2D eigenvalue weighted by atomic mass is 16.2. The number of nitrogens with two attached hydrogens (primary N) is 2. The number of carbonyl (C=O) groups is 2. The van der Waals surface area contributed by atoms with E-state index in [9.17, 15) is 9.59 Å². The Hall–Kier alpha value is -4.23. The molecular formula is C30H33N5O2. The van der Waals surface area contributed by atoms with Crippen LogP contribution < -0.4 is 16.8 Å². The number of nitrogens with one attached hydrogen (secondary N) is 1. The van der Waals surface area contributed by atoms with E-state index < -0.39 is 0 Å². The van der Waals surface area contributed by atoms with E-state index in [0.717, 1.165) is 34.4 Å². The van der Waals surface area contributed by atoms with Gasteiger partial charge in [-0.15, -0.1) is 0 Å². The zero-order valence-corrected chi connectivity index (χ0v) is 21.3. The van der Waals surface area contributed by atoms with E-state index in [4.69, 9.17) is 11.5 Å². The van der Waals surface area contributed by atoms with Crippen molar-refractivity contribution in [2.45, 2.75) is 39.8 Å². The van der Waals surface area contributed by atoms with Gasteiger partial charge in [0.2, 0.25) is 0 Å². The van der Waals surface area contributed by atoms with Crippen LogP contribution in [0.2, 0.25) is 0 Å². The third kappa shape index (κ3) is 6.51. The normalized spacial score (nSPS) is 12.6. The summed E-state index contributed by atoms with van der Waals surface area (Å²) < 4.78 is 0. The maximum Gasteiger partial charge on any atom is 0.255 e. The fourth-order valence-electron chi connectivity index (χ4n) is 4.32. The number of aliphatic imine (C=N–C) groups is 1. The zero-order valence-electron chi connectivity index (χ0n) is 21.3. The summed E-state index contributed by atoms with van der Waals surface area (Å²) in [5.74, 6) is 0.0248. The lowest BCUT2D eigenvalue weighted by Crippen LogP contribution is -2.33. The number of hydrogen-bond donors (Lipinski definition) is 3. The Labute approximate surface area is 217 Å². The van der Waals surface area contributed by atoms with Gasteiger partial charge < -0.3 is 21.7 Å². The Bertz CT molecular complexity index is 1360.